The molecule has 0 aromatic carbocycles. The quantitative estimate of drug-likeness (QED) is 0.0875. The first-order valence-electron chi connectivity index (χ1n) is 26.1. The number of piperidine rings is 1. The van der Waals surface area contributed by atoms with Gasteiger partial charge in [0, 0.05) is 64.2 Å². The van der Waals surface area contributed by atoms with Crippen molar-refractivity contribution in [3.8, 4) is 0 Å². The van der Waals surface area contributed by atoms with E-state index in [0.29, 0.717) is 75.5 Å². The van der Waals surface area contributed by atoms with Gasteiger partial charge in [0.05, 0.1) is 30.7 Å². The second kappa shape index (κ2) is 29.5. The van der Waals surface area contributed by atoms with Gasteiger partial charge >= 0.3 is 11.9 Å². The number of nitrogens with zero attached hydrogens (tertiary/aromatic N) is 1. The zero-order chi connectivity index (χ0) is 53.3. The molecule has 3 N–H and O–H groups in total. The average Bonchev–Trinajstić information content (AvgIpc) is 3.35. The molecule has 1 aliphatic carbocycles. The van der Waals surface area contributed by atoms with Crippen LogP contribution in [0.4, 0.5) is 0 Å². The number of ketones is 3. The summed E-state index contributed by atoms with van der Waals surface area (Å²) in [7, 11) is 4.50. The van der Waals surface area contributed by atoms with Crippen LogP contribution in [-0.4, -0.2) is 156 Å². The van der Waals surface area contributed by atoms with Gasteiger partial charge in [-0.15, -0.1) is 11.8 Å². The number of hydrogen-bond acceptors (Lipinski definition) is 16. The van der Waals surface area contributed by atoms with Gasteiger partial charge in [0.25, 0.3) is 11.7 Å². The summed E-state index contributed by atoms with van der Waals surface area (Å²) in [5, 5.41) is 32.6. The highest BCUT2D eigenvalue weighted by Gasteiger charge is 2.53. The van der Waals surface area contributed by atoms with E-state index in [2.05, 4.69) is 0 Å². The van der Waals surface area contributed by atoms with E-state index >= 15 is 0 Å². The monoisotopic (exact) mass is 1030 g/mol. The topological polar surface area (TPSA) is 222 Å². The van der Waals surface area contributed by atoms with E-state index in [0.717, 1.165) is 5.57 Å². The van der Waals surface area contributed by atoms with E-state index in [1.807, 2.05) is 51.2 Å². The van der Waals surface area contributed by atoms with Crippen LogP contribution in [0.15, 0.2) is 47.6 Å². The van der Waals surface area contributed by atoms with Gasteiger partial charge in [0.15, 0.2) is 5.78 Å². The van der Waals surface area contributed by atoms with Gasteiger partial charge in [-0.05, 0) is 107 Å². The Morgan fingerprint density at radius 2 is 1.62 bits per heavy atom. The van der Waals surface area contributed by atoms with Crippen molar-refractivity contribution < 1.29 is 72.5 Å². The molecule has 1 amide bonds. The molecular formula is C55H85NO15S. The number of ether oxygens (including phenoxy) is 6. The molecule has 17 heteroatoms. The summed E-state index contributed by atoms with van der Waals surface area (Å²) >= 11 is 1.29. The van der Waals surface area contributed by atoms with E-state index in [4.69, 9.17) is 33.5 Å². The lowest BCUT2D eigenvalue weighted by atomic mass is 9.78. The normalized spacial score (nSPS) is 37.5. The van der Waals surface area contributed by atoms with Crippen LogP contribution in [0.1, 0.15) is 126 Å². The summed E-state index contributed by atoms with van der Waals surface area (Å²) in [6, 6.07) is -1.18. The third-order valence-corrected chi connectivity index (χ3v) is 16.1. The SMILES string of the molecule is CO[C@H]1C[C@@H]2CC[C@@H](C)[C@@](O)(O2)C(=O)C(=O)N2CCCC[C@H]2C(=O)O[C@H]([C@H](C)C[C@@H]2CC[C@@H](OC(=O)CSCCO)[C@H](OC)C2)CC(=O)[C@H](C)/C=C(\C)[C@@H](O)[C@@H](OC)C(=O)[C@H](C)C[C@H](C)/C=C/C=C/C=C/1C. The standard InChI is InChI=1S/C55H85NO15S/c1-33-16-12-11-13-17-34(2)45(66-8)30-41-21-19-39(7)55(65,71-41)52(62)53(63)56-23-15-14-18-42(56)54(64)70-46(31-43(58)35(3)27-38(6)50(61)51(68-10)49(60)37(5)26-33)36(4)28-40-20-22-44(47(29-40)67-9)69-48(59)32-72-25-24-57/h11-13,16-17,27,33,35-37,39-42,44-47,50-51,57,61,65H,14-15,18-26,28-32H2,1-10H3/b13-11+,16-12+,34-17+,38-27+/t33-,35-,36-,37-,39-,40+,41+,42+,44-,45+,46+,47-,50-,51+,55-/m1/s1. The van der Waals surface area contributed by atoms with Crippen LogP contribution in [0.25, 0.3) is 0 Å². The Bertz CT molecular complexity index is 1950. The highest BCUT2D eigenvalue weighted by molar-refractivity contribution is 7.99. The minimum absolute atomic E-state index is 0.00307. The van der Waals surface area contributed by atoms with E-state index in [9.17, 15) is 39.0 Å². The van der Waals surface area contributed by atoms with Crippen molar-refractivity contribution in [3.63, 3.8) is 0 Å². The summed E-state index contributed by atoms with van der Waals surface area (Å²) in [6.07, 6.45) is 10.7. The zero-order valence-electron chi connectivity index (χ0n) is 44.5. The molecule has 15 atom stereocenters. The molecule has 72 heavy (non-hydrogen) atoms. The first kappa shape index (κ1) is 61.0. The minimum Gasteiger partial charge on any atom is -0.460 e. The van der Waals surface area contributed by atoms with E-state index in [1.165, 1.54) is 23.8 Å². The number of cyclic esters (lactones) is 1. The maximum absolute atomic E-state index is 14.5. The van der Waals surface area contributed by atoms with Crippen LogP contribution in [-0.2, 0) is 57.2 Å². The number of rotatable bonds is 11. The number of carbonyl (C=O) groups excluding carboxylic acids is 6. The smallest absolute Gasteiger partial charge is 0.329 e. The largest absolute Gasteiger partial charge is 0.460 e. The molecule has 0 unspecified atom stereocenters. The molecule has 4 aliphatic rings. The van der Waals surface area contributed by atoms with Crippen molar-refractivity contribution in [2.45, 2.75) is 180 Å². The molecule has 2 bridgehead atoms. The van der Waals surface area contributed by atoms with Gasteiger partial charge < -0.3 is 48.6 Å². The van der Waals surface area contributed by atoms with Crippen molar-refractivity contribution >= 4 is 47.0 Å². The second-order valence-corrected chi connectivity index (χ2v) is 21.9. The molecule has 16 nitrogen and oxygen atoms in total. The summed E-state index contributed by atoms with van der Waals surface area (Å²) < 4.78 is 35.5. The first-order valence-corrected chi connectivity index (χ1v) is 27.2. The fourth-order valence-corrected chi connectivity index (χ4v) is 11.2. The first-order chi connectivity index (χ1) is 34.2. The molecule has 3 aliphatic heterocycles. The van der Waals surface area contributed by atoms with Crippen molar-refractivity contribution in [2.24, 2.45) is 35.5 Å². The van der Waals surface area contributed by atoms with E-state index < -0.39 is 95.9 Å². The summed E-state index contributed by atoms with van der Waals surface area (Å²) in [5.74, 6) is -8.18. The van der Waals surface area contributed by atoms with Crippen LogP contribution < -0.4 is 0 Å². The number of methoxy groups -OCH3 is 3. The van der Waals surface area contributed by atoms with Gasteiger partial charge in [-0.2, -0.15) is 0 Å². The highest BCUT2D eigenvalue weighted by atomic mass is 32.2. The van der Waals surface area contributed by atoms with Crippen LogP contribution in [0, 0.1) is 35.5 Å². The predicted molar refractivity (Wildman–Crippen MR) is 273 cm³/mol. The molecule has 2 saturated heterocycles. The summed E-state index contributed by atoms with van der Waals surface area (Å²) in [4.78, 5) is 85.0. The van der Waals surface area contributed by atoms with E-state index in [1.54, 1.807) is 48.0 Å². The Hall–Kier alpha value is -3.55. The van der Waals surface area contributed by atoms with Gasteiger partial charge in [-0.3, -0.25) is 24.0 Å². The van der Waals surface area contributed by atoms with Crippen LogP contribution >= 0.6 is 11.8 Å². The lowest BCUT2D eigenvalue weighted by Gasteiger charge is -2.42. The Labute approximate surface area is 432 Å². The number of thioether (sulfide) groups is 1. The fourth-order valence-electron chi connectivity index (χ4n) is 10.7. The molecular weight excluding hydrogens is 947 g/mol. The molecule has 3 fully saturated rings. The number of allylic oxidation sites excluding steroid dienone is 6. The third kappa shape index (κ3) is 17.0. The predicted octanol–water partition coefficient (Wildman–Crippen LogP) is 6.46. The molecule has 0 aromatic rings. The Kier molecular flexibility index (Phi) is 25.0. The number of hydrogen-bond donors (Lipinski definition) is 3. The highest BCUT2D eigenvalue weighted by Crippen LogP contribution is 2.38. The van der Waals surface area contributed by atoms with Gasteiger partial charge in [0.1, 0.15) is 36.2 Å². The average molecular weight is 1030 g/mol. The van der Waals surface area contributed by atoms with Crippen molar-refractivity contribution in [2.75, 3.05) is 46.0 Å². The summed E-state index contributed by atoms with van der Waals surface area (Å²) in [6.45, 7) is 12.6. The second-order valence-electron chi connectivity index (χ2n) is 20.8. The Balaban J connectivity index is 1.68. The lowest BCUT2D eigenvalue weighted by Crippen LogP contribution is -2.61. The van der Waals surface area contributed by atoms with E-state index in [-0.39, 0.29) is 61.1 Å². The number of fused-ring (bicyclic) bond motifs is 3. The van der Waals surface area contributed by atoms with Crippen molar-refractivity contribution in [1.82, 2.24) is 4.90 Å². The number of esters is 2. The minimum atomic E-state index is -2.45. The Morgan fingerprint density at radius 3 is 2.31 bits per heavy atom. The number of aliphatic hydroxyl groups is 3. The van der Waals surface area contributed by atoms with Crippen molar-refractivity contribution in [3.05, 3.63) is 47.6 Å². The molecule has 406 valence electrons. The number of Topliss-reactive ketones (excluding diaryl/α,β-unsaturated/α-hetero) is 3. The zero-order valence-corrected chi connectivity index (χ0v) is 45.3. The number of amides is 1. The molecule has 3 heterocycles. The Morgan fingerprint density at radius 1 is 0.889 bits per heavy atom. The third-order valence-electron chi connectivity index (χ3n) is 15.2. The number of aliphatic hydroxyl groups excluding tert-OH is 2. The molecule has 0 aromatic heterocycles. The maximum atomic E-state index is 14.5. The molecule has 4 rings (SSSR count). The van der Waals surface area contributed by atoms with Gasteiger partial charge in [-0.1, -0.05) is 71.1 Å². The molecule has 0 spiro atoms. The fraction of sp³-hybridized carbons (Fsp3) is 0.745. The van der Waals surface area contributed by atoms with Gasteiger partial charge in [0.2, 0.25) is 5.79 Å². The lowest BCUT2D eigenvalue weighted by molar-refractivity contribution is -0.265. The van der Waals surface area contributed by atoms with Crippen molar-refractivity contribution in [1.29, 1.82) is 0 Å². The van der Waals surface area contributed by atoms with Crippen LogP contribution in [0.5, 0.6) is 0 Å². The van der Waals surface area contributed by atoms with Gasteiger partial charge in [-0.25, -0.2) is 4.79 Å². The number of carbonyl (C=O) groups is 6. The van der Waals surface area contributed by atoms with Crippen LogP contribution in [0.2, 0.25) is 0 Å². The van der Waals surface area contributed by atoms with Crippen LogP contribution in [0.3, 0.4) is 0 Å². The maximum Gasteiger partial charge on any atom is 0.329 e. The summed E-state index contributed by atoms with van der Waals surface area (Å²) in [5.41, 5.74) is 1.24. The molecule has 1 saturated carbocycles. The molecule has 0 radical (unpaired) electrons.